The normalized spacial score (nSPS) is 28.2. The largest absolute Gasteiger partial charge is 0.460 e. The van der Waals surface area contributed by atoms with Gasteiger partial charge in [0.25, 0.3) is 0 Å². The van der Waals surface area contributed by atoms with Crippen molar-refractivity contribution in [1.29, 1.82) is 0 Å². The molecule has 2 aliphatic heterocycles. The van der Waals surface area contributed by atoms with Crippen LogP contribution < -0.4 is 0 Å². The number of benzene rings is 1. The van der Waals surface area contributed by atoms with Crippen LogP contribution in [0.4, 0.5) is 0 Å². The fourth-order valence-corrected chi connectivity index (χ4v) is 4.22. The molecule has 0 spiro atoms. The molecule has 0 aliphatic carbocycles. The van der Waals surface area contributed by atoms with Crippen molar-refractivity contribution in [2.75, 3.05) is 6.61 Å². The van der Waals surface area contributed by atoms with Crippen LogP contribution in [-0.2, 0) is 28.6 Å². The van der Waals surface area contributed by atoms with E-state index >= 15 is 0 Å². The Bertz CT molecular complexity index is 733. The lowest BCUT2D eigenvalue weighted by molar-refractivity contribution is -0.171. The molecule has 7 heteroatoms. The van der Waals surface area contributed by atoms with Gasteiger partial charge in [-0.05, 0) is 5.92 Å². The van der Waals surface area contributed by atoms with E-state index in [4.69, 9.17) is 14.2 Å². The topological polar surface area (TPSA) is 82.1 Å². The van der Waals surface area contributed by atoms with Gasteiger partial charge in [0.2, 0.25) is 5.91 Å². The van der Waals surface area contributed by atoms with Crippen LogP contribution in [0.2, 0.25) is 0 Å². The van der Waals surface area contributed by atoms with Gasteiger partial charge in [0.15, 0.2) is 6.23 Å². The van der Waals surface area contributed by atoms with Crippen molar-refractivity contribution in [3.63, 3.8) is 0 Å². The smallest absolute Gasteiger partial charge is 0.303 e. The average molecular weight is 375 g/mol. The zero-order valence-electron chi connectivity index (χ0n) is 16.0. The van der Waals surface area contributed by atoms with Crippen LogP contribution in [0.1, 0.15) is 45.9 Å². The molecule has 4 unspecified atom stereocenters. The summed E-state index contributed by atoms with van der Waals surface area (Å²) in [5.74, 6) is -1.24. The maximum Gasteiger partial charge on any atom is 0.303 e. The fraction of sp³-hybridized carbons (Fsp3) is 0.550. The summed E-state index contributed by atoms with van der Waals surface area (Å²) in [7, 11) is 0. The Morgan fingerprint density at radius 2 is 1.85 bits per heavy atom. The van der Waals surface area contributed by atoms with Crippen molar-refractivity contribution in [2.24, 2.45) is 5.92 Å². The minimum Gasteiger partial charge on any atom is -0.460 e. The molecule has 2 aliphatic rings. The molecule has 1 aromatic rings. The fourth-order valence-electron chi connectivity index (χ4n) is 4.22. The van der Waals surface area contributed by atoms with E-state index < -0.39 is 35.9 Å². The van der Waals surface area contributed by atoms with E-state index in [9.17, 15) is 14.4 Å². The molecular weight excluding hydrogens is 350 g/mol. The van der Waals surface area contributed by atoms with Gasteiger partial charge in [-0.1, -0.05) is 44.2 Å². The van der Waals surface area contributed by atoms with Gasteiger partial charge in [0.1, 0.15) is 17.7 Å². The van der Waals surface area contributed by atoms with E-state index in [-0.39, 0.29) is 24.9 Å². The Hall–Kier alpha value is -2.41. The number of carbonyl (C=O) groups excluding carboxylic acids is 3. The maximum absolute atomic E-state index is 13.0. The van der Waals surface area contributed by atoms with Crippen LogP contribution in [-0.4, -0.2) is 47.1 Å². The van der Waals surface area contributed by atoms with Gasteiger partial charge >= 0.3 is 11.9 Å². The van der Waals surface area contributed by atoms with E-state index in [0.717, 1.165) is 5.56 Å². The number of nitrogens with zero attached hydrogens (tertiary/aromatic N) is 1. The number of ether oxygens (including phenoxy) is 3. The van der Waals surface area contributed by atoms with E-state index in [1.165, 1.54) is 13.8 Å². The SMILES string of the molecule is CC(=O)OC1CC(=O)N2C(c3ccccc3)OCC12C(OC(C)=O)C(C)C. The Kier molecular flexibility index (Phi) is 5.24. The number of amides is 1. The third-order valence-electron chi connectivity index (χ3n) is 5.13. The highest BCUT2D eigenvalue weighted by atomic mass is 16.6. The van der Waals surface area contributed by atoms with Crippen molar-refractivity contribution in [3.05, 3.63) is 35.9 Å². The average Bonchev–Trinajstić information content (AvgIpc) is 3.11. The quantitative estimate of drug-likeness (QED) is 0.734. The highest BCUT2D eigenvalue weighted by Gasteiger charge is 2.67. The van der Waals surface area contributed by atoms with Crippen LogP contribution in [0.25, 0.3) is 0 Å². The molecule has 2 fully saturated rings. The summed E-state index contributed by atoms with van der Waals surface area (Å²) in [5.41, 5.74) is -0.232. The van der Waals surface area contributed by atoms with Gasteiger partial charge in [0, 0.05) is 19.4 Å². The van der Waals surface area contributed by atoms with Crippen molar-refractivity contribution >= 4 is 17.8 Å². The van der Waals surface area contributed by atoms with Crippen molar-refractivity contribution in [1.82, 2.24) is 4.90 Å². The summed E-state index contributed by atoms with van der Waals surface area (Å²) < 4.78 is 17.2. The second-order valence-corrected chi connectivity index (χ2v) is 7.41. The zero-order valence-corrected chi connectivity index (χ0v) is 16.0. The van der Waals surface area contributed by atoms with Crippen molar-refractivity contribution in [2.45, 2.75) is 58.1 Å². The number of hydrogen-bond donors (Lipinski definition) is 0. The second kappa shape index (κ2) is 7.31. The van der Waals surface area contributed by atoms with Gasteiger partial charge in [-0.15, -0.1) is 0 Å². The van der Waals surface area contributed by atoms with E-state index in [1.807, 2.05) is 44.2 Å². The number of hydrogen-bond acceptors (Lipinski definition) is 6. The summed E-state index contributed by atoms with van der Waals surface area (Å²) in [5, 5.41) is 0. The molecule has 1 aromatic carbocycles. The predicted molar refractivity (Wildman–Crippen MR) is 95.3 cm³/mol. The van der Waals surface area contributed by atoms with E-state index in [2.05, 4.69) is 0 Å². The summed E-state index contributed by atoms with van der Waals surface area (Å²) in [6.45, 7) is 6.57. The first kappa shape index (κ1) is 19.4. The lowest BCUT2D eigenvalue weighted by atomic mass is 9.81. The van der Waals surface area contributed by atoms with Crippen molar-refractivity contribution in [3.8, 4) is 0 Å². The number of fused-ring (bicyclic) bond motifs is 1. The third-order valence-corrected chi connectivity index (χ3v) is 5.13. The summed E-state index contributed by atoms with van der Waals surface area (Å²) >= 11 is 0. The molecule has 0 N–H and O–H groups in total. The summed E-state index contributed by atoms with van der Waals surface area (Å²) in [4.78, 5) is 38.1. The van der Waals surface area contributed by atoms with Gasteiger partial charge in [0.05, 0.1) is 13.0 Å². The molecule has 0 aromatic heterocycles. The molecule has 2 heterocycles. The van der Waals surface area contributed by atoms with Gasteiger partial charge in [-0.25, -0.2) is 0 Å². The second-order valence-electron chi connectivity index (χ2n) is 7.41. The lowest BCUT2D eigenvalue weighted by Gasteiger charge is -2.42. The van der Waals surface area contributed by atoms with Crippen LogP contribution in [0, 0.1) is 5.92 Å². The number of rotatable bonds is 5. The molecule has 0 saturated carbocycles. The molecule has 1 amide bonds. The van der Waals surface area contributed by atoms with Crippen LogP contribution in [0.3, 0.4) is 0 Å². The number of carbonyl (C=O) groups is 3. The van der Waals surface area contributed by atoms with Crippen LogP contribution in [0.15, 0.2) is 30.3 Å². The first-order chi connectivity index (χ1) is 12.8. The highest BCUT2D eigenvalue weighted by Crippen LogP contribution is 2.50. The molecule has 146 valence electrons. The van der Waals surface area contributed by atoms with Gasteiger partial charge < -0.3 is 14.2 Å². The van der Waals surface area contributed by atoms with Crippen molar-refractivity contribution < 1.29 is 28.6 Å². The first-order valence-electron chi connectivity index (χ1n) is 9.10. The van der Waals surface area contributed by atoms with Gasteiger partial charge in [-0.3, -0.25) is 19.3 Å². The minimum absolute atomic E-state index is 0.0385. The summed E-state index contributed by atoms with van der Waals surface area (Å²) in [6.07, 6.45) is -1.99. The number of esters is 2. The maximum atomic E-state index is 13.0. The Labute approximate surface area is 158 Å². The molecule has 0 radical (unpaired) electrons. The predicted octanol–water partition coefficient (Wildman–Crippen LogP) is 2.21. The van der Waals surface area contributed by atoms with Crippen LogP contribution >= 0.6 is 0 Å². The molecule has 3 rings (SSSR count). The lowest BCUT2D eigenvalue weighted by Crippen LogP contribution is -2.62. The minimum atomic E-state index is -1.05. The Balaban J connectivity index is 2.09. The molecule has 7 nitrogen and oxygen atoms in total. The highest BCUT2D eigenvalue weighted by molar-refractivity contribution is 5.83. The monoisotopic (exact) mass is 375 g/mol. The van der Waals surface area contributed by atoms with E-state index in [1.54, 1.807) is 4.90 Å². The van der Waals surface area contributed by atoms with E-state index in [0.29, 0.717) is 0 Å². The molecule has 0 bridgehead atoms. The standard InChI is InChI=1S/C20H25NO6/c1-12(2)18(27-14(4)23)20-11-25-19(15-8-6-5-7-9-15)21(20)17(24)10-16(20)26-13(3)22/h5-9,12,16,18-19H,10-11H2,1-4H3. The molecular formula is C20H25NO6. The third kappa shape index (κ3) is 3.32. The first-order valence-corrected chi connectivity index (χ1v) is 9.10. The van der Waals surface area contributed by atoms with Crippen LogP contribution in [0.5, 0.6) is 0 Å². The molecule has 2 saturated heterocycles. The summed E-state index contributed by atoms with van der Waals surface area (Å²) in [6, 6.07) is 9.38. The Morgan fingerprint density at radius 1 is 1.19 bits per heavy atom. The molecule has 27 heavy (non-hydrogen) atoms. The Morgan fingerprint density at radius 3 is 2.41 bits per heavy atom. The van der Waals surface area contributed by atoms with Gasteiger partial charge in [-0.2, -0.15) is 0 Å². The zero-order chi connectivity index (χ0) is 19.8. The molecule has 4 atom stereocenters.